The Hall–Kier alpha value is -3.80. The number of aromatic nitrogens is 5. The predicted octanol–water partition coefficient (Wildman–Crippen LogP) is 3.34. The molecule has 0 saturated heterocycles. The van der Waals surface area contributed by atoms with E-state index in [0.717, 1.165) is 23.8 Å². The maximum atomic E-state index is 14.0. The molecule has 0 spiro atoms. The Morgan fingerprint density at radius 3 is 2.55 bits per heavy atom. The quantitative estimate of drug-likeness (QED) is 0.315. The fourth-order valence-corrected chi connectivity index (χ4v) is 5.82. The van der Waals surface area contributed by atoms with Crippen LogP contribution in [-0.4, -0.2) is 43.3 Å². The molecule has 1 aliphatic carbocycles. The zero-order chi connectivity index (χ0) is 27.2. The van der Waals surface area contributed by atoms with E-state index in [1.165, 1.54) is 72.3 Å². The number of halogens is 1. The van der Waals surface area contributed by atoms with Gasteiger partial charge in [-0.15, -0.1) is 4.80 Å². The lowest BCUT2D eigenvalue weighted by molar-refractivity contribution is -0.162. The van der Waals surface area contributed by atoms with Gasteiger partial charge in [0.05, 0.1) is 24.9 Å². The van der Waals surface area contributed by atoms with Crippen LogP contribution >= 0.6 is 11.3 Å². The summed E-state index contributed by atoms with van der Waals surface area (Å²) in [5.41, 5.74) is -1.66. The van der Waals surface area contributed by atoms with Crippen molar-refractivity contribution < 1.29 is 18.7 Å². The summed E-state index contributed by atoms with van der Waals surface area (Å²) in [6.07, 6.45) is 5.57. The van der Waals surface area contributed by atoms with Crippen molar-refractivity contribution in [3.8, 4) is 10.8 Å². The average molecular weight is 542 g/mol. The number of hydrogen-bond donors (Lipinski definition) is 0. The molecule has 10 nitrogen and oxygen atoms in total. The predicted molar refractivity (Wildman–Crippen MR) is 140 cm³/mol. The van der Waals surface area contributed by atoms with E-state index in [1.54, 1.807) is 6.92 Å². The van der Waals surface area contributed by atoms with Crippen LogP contribution in [0.5, 0.6) is 5.75 Å². The van der Waals surface area contributed by atoms with Crippen molar-refractivity contribution in [2.45, 2.75) is 64.6 Å². The van der Waals surface area contributed by atoms with Gasteiger partial charge in [0.1, 0.15) is 33.0 Å². The largest absolute Gasteiger partial charge is 0.496 e. The minimum atomic E-state index is -1.56. The minimum Gasteiger partial charge on any atom is -0.496 e. The molecule has 3 heterocycles. The molecule has 4 aromatic rings. The van der Waals surface area contributed by atoms with Crippen molar-refractivity contribution >= 4 is 27.5 Å². The number of hydrogen-bond acceptors (Lipinski definition) is 8. The van der Waals surface area contributed by atoms with Crippen molar-refractivity contribution in [1.82, 2.24) is 24.1 Å². The van der Waals surface area contributed by atoms with Gasteiger partial charge in [0.15, 0.2) is 0 Å². The monoisotopic (exact) mass is 541 g/mol. The Bertz CT molecular complexity index is 1630. The number of carbonyl (C=O) groups excluding carboxylic acids is 1. The number of thiophene rings is 1. The minimum absolute atomic E-state index is 0.106. The molecule has 0 unspecified atom stereocenters. The fourth-order valence-electron chi connectivity index (χ4n) is 4.59. The average Bonchev–Trinajstić information content (AvgIpc) is 3.49. The molecule has 1 aromatic carbocycles. The molecule has 0 amide bonds. The Kier molecular flexibility index (Phi) is 6.68. The van der Waals surface area contributed by atoms with Gasteiger partial charge in [0.2, 0.25) is 0 Å². The molecular formula is C26H28FN5O5S. The van der Waals surface area contributed by atoms with Crippen LogP contribution < -0.4 is 16.0 Å². The maximum absolute atomic E-state index is 14.0. The number of aryl methyl sites for hydroxylation is 3. The van der Waals surface area contributed by atoms with Crippen LogP contribution in [0.15, 0.2) is 40.2 Å². The summed E-state index contributed by atoms with van der Waals surface area (Å²) in [7, 11) is 1.49. The SMILES string of the molecule is COc1ccc(F)cc1CCn1c(=O)n(C(C)(C)C(=O)OC2CCC2)c(=O)c2c(C)c(-n3nccn3)sc21. The number of nitrogens with zero attached hydrogens (tertiary/aromatic N) is 5. The molecule has 1 fully saturated rings. The molecule has 5 rings (SSSR count). The van der Waals surface area contributed by atoms with Gasteiger partial charge >= 0.3 is 11.7 Å². The van der Waals surface area contributed by atoms with Gasteiger partial charge < -0.3 is 9.47 Å². The fraction of sp³-hybridized carbons (Fsp3) is 0.423. The summed E-state index contributed by atoms with van der Waals surface area (Å²) < 4.78 is 27.4. The lowest BCUT2D eigenvalue weighted by Gasteiger charge is -2.31. The van der Waals surface area contributed by atoms with E-state index in [9.17, 15) is 18.8 Å². The van der Waals surface area contributed by atoms with Gasteiger partial charge in [-0.2, -0.15) is 10.2 Å². The molecule has 0 aliphatic heterocycles. The third-order valence-electron chi connectivity index (χ3n) is 7.02. The molecule has 1 saturated carbocycles. The molecule has 0 bridgehead atoms. The highest BCUT2D eigenvalue weighted by Gasteiger charge is 2.39. The van der Waals surface area contributed by atoms with Crippen LogP contribution in [0.3, 0.4) is 0 Å². The van der Waals surface area contributed by atoms with Crippen LogP contribution in [0.2, 0.25) is 0 Å². The van der Waals surface area contributed by atoms with Gasteiger partial charge in [-0.1, -0.05) is 11.3 Å². The van der Waals surface area contributed by atoms with E-state index < -0.39 is 28.6 Å². The number of ether oxygens (including phenoxy) is 2. The van der Waals surface area contributed by atoms with E-state index in [1.807, 2.05) is 0 Å². The highest BCUT2D eigenvalue weighted by atomic mass is 32.1. The topological polar surface area (TPSA) is 110 Å². The zero-order valence-corrected chi connectivity index (χ0v) is 22.4. The van der Waals surface area contributed by atoms with Crippen LogP contribution in [0, 0.1) is 12.7 Å². The number of carbonyl (C=O) groups is 1. The van der Waals surface area contributed by atoms with E-state index in [-0.39, 0.29) is 24.5 Å². The standard InChI is InChI=1S/C26H28FN5O5S/c1-15-20-21(33)31(26(2,3)24(34)37-18-6-5-7-18)25(35)30(23(20)38-22(15)32-28-11-12-29-32)13-10-16-14-17(27)8-9-19(16)36-4/h8-9,11-12,14,18H,5-7,10,13H2,1-4H3. The first kappa shape index (κ1) is 25.8. The smallest absolute Gasteiger partial charge is 0.333 e. The number of esters is 1. The summed E-state index contributed by atoms with van der Waals surface area (Å²) in [6.45, 7) is 4.89. The summed E-state index contributed by atoms with van der Waals surface area (Å²) >= 11 is 1.20. The molecular weight excluding hydrogens is 513 g/mol. The van der Waals surface area contributed by atoms with Gasteiger partial charge in [-0.25, -0.2) is 18.5 Å². The molecule has 0 atom stereocenters. The second-order valence-corrected chi connectivity index (χ2v) is 10.8. The Balaban J connectivity index is 1.69. The van der Waals surface area contributed by atoms with Crippen LogP contribution in [-0.2, 0) is 28.0 Å². The number of benzene rings is 1. The van der Waals surface area contributed by atoms with Crippen molar-refractivity contribution in [3.63, 3.8) is 0 Å². The van der Waals surface area contributed by atoms with Crippen LogP contribution in [0.25, 0.3) is 15.2 Å². The van der Waals surface area contributed by atoms with Crippen molar-refractivity contribution in [1.29, 1.82) is 0 Å². The molecule has 3 aromatic heterocycles. The molecule has 0 N–H and O–H groups in total. The lowest BCUT2D eigenvalue weighted by Crippen LogP contribution is -2.53. The lowest BCUT2D eigenvalue weighted by atomic mass is 9.95. The molecule has 38 heavy (non-hydrogen) atoms. The van der Waals surface area contributed by atoms with Gasteiger partial charge in [0.25, 0.3) is 5.56 Å². The number of rotatable bonds is 8. The zero-order valence-electron chi connectivity index (χ0n) is 21.6. The van der Waals surface area contributed by atoms with Crippen molar-refractivity contribution in [3.05, 3.63) is 68.4 Å². The number of methoxy groups -OCH3 is 1. The van der Waals surface area contributed by atoms with E-state index in [2.05, 4.69) is 10.2 Å². The third-order valence-corrected chi connectivity index (χ3v) is 8.30. The van der Waals surface area contributed by atoms with E-state index in [4.69, 9.17) is 9.47 Å². The Morgan fingerprint density at radius 1 is 1.21 bits per heavy atom. The normalized spacial score (nSPS) is 14.0. The van der Waals surface area contributed by atoms with Crippen molar-refractivity contribution in [2.24, 2.45) is 0 Å². The van der Waals surface area contributed by atoms with Gasteiger partial charge in [-0.05, 0) is 70.2 Å². The van der Waals surface area contributed by atoms with Crippen LogP contribution in [0.4, 0.5) is 4.39 Å². The van der Waals surface area contributed by atoms with Crippen LogP contribution in [0.1, 0.15) is 44.2 Å². The second-order valence-electron chi connectivity index (χ2n) is 9.83. The summed E-state index contributed by atoms with van der Waals surface area (Å²) in [5, 5.41) is 9.24. The van der Waals surface area contributed by atoms with E-state index >= 15 is 0 Å². The first-order valence-electron chi connectivity index (χ1n) is 12.3. The highest BCUT2D eigenvalue weighted by Crippen LogP contribution is 2.32. The first-order valence-corrected chi connectivity index (χ1v) is 13.1. The Labute approximate surface area is 221 Å². The number of fused-ring (bicyclic) bond motifs is 1. The molecule has 200 valence electrons. The summed E-state index contributed by atoms with van der Waals surface area (Å²) in [5.74, 6) is -0.583. The second kappa shape index (κ2) is 9.82. The molecule has 12 heteroatoms. The van der Waals surface area contributed by atoms with Gasteiger partial charge in [-0.3, -0.25) is 9.36 Å². The van der Waals surface area contributed by atoms with E-state index in [0.29, 0.717) is 26.7 Å². The Morgan fingerprint density at radius 2 is 1.92 bits per heavy atom. The third kappa shape index (κ3) is 4.32. The summed E-state index contributed by atoms with van der Waals surface area (Å²) in [6, 6.07) is 4.19. The summed E-state index contributed by atoms with van der Waals surface area (Å²) in [4.78, 5) is 42.8. The molecule has 0 radical (unpaired) electrons. The molecule has 1 aliphatic rings. The van der Waals surface area contributed by atoms with Gasteiger partial charge in [0, 0.05) is 12.1 Å². The highest BCUT2D eigenvalue weighted by molar-refractivity contribution is 7.21. The first-order chi connectivity index (χ1) is 18.1. The maximum Gasteiger partial charge on any atom is 0.333 e. The van der Waals surface area contributed by atoms with Crippen molar-refractivity contribution in [2.75, 3.05) is 7.11 Å².